The zero-order valence-corrected chi connectivity index (χ0v) is 17.3. The summed E-state index contributed by atoms with van der Waals surface area (Å²) in [6.45, 7) is 6.01. The number of halogens is 1. The maximum absolute atomic E-state index is 5.85. The standard InChI is InChI=1S/C17H33N3O3.HI/c1-18-17(19-8-2-10-22-14-15-4-5-15)20-9-3-11-23-16-6-12-21-13-7-16;/h15-16H,2-14H2,1H3,(H2,18,19,20);1H. The monoisotopic (exact) mass is 455 g/mol. The van der Waals surface area contributed by atoms with Crippen LogP contribution in [-0.2, 0) is 14.2 Å². The number of hydrogen-bond acceptors (Lipinski definition) is 4. The normalized spacial score (nSPS) is 19.0. The summed E-state index contributed by atoms with van der Waals surface area (Å²) in [6, 6.07) is 0. The van der Waals surface area contributed by atoms with Crippen molar-refractivity contribution in [1.82, 2.24) is 10.6 Å². The average Bonchev–Trinajstić information content (AvgIpc) is 3.41. The number of hydrogen-bond donors (Lipinski definition) is 2. The van der Waals surface area contributed by atoms with Crippen molar-refractivity contribution in [3.63, 3.8) is 0 Å². The Kier molecular flexibility index (Phi) is 12.9. The summed E-state index contributed by atoms with van der Waals surface area (Å²) in [4.78, 5) is 4.23. The highest BCUT2D eigenvalue weighted by Crippen LogP contribution is 2.28. The minimum Gasteiger partial charge on any atom is -0.381 e. The van der Waals surface area contributed by atoms with E-state index < -0.39 is 0 Å². The summed E-state index contributed by atoms with van der Waals surface area (Å²) < 4.78 is 16.8. The van der Waals surface area contributed by atoms with Crippen LogP contribution in [0.3, 0.4) is 0 Å². The number of rotatable bonds is 11. The topological polar surface area (TPSA) is 64.1 Å². The van der Waals surface area contributed by atoms with Crippen LogP contribution in [0.1, 0.15) is 38.5 Å². The lowest BCUT2D eigenvalue weighted by atomic mass is 10.1. The van der Waals surface area contributed by atoms with Crippen LogP contribution in [0.2, 0.25) is 0 Å². The molecule has 1 heterocycles. The van der Waals surface area contributed by atoms with Gasteiger partial charge in [-0.25, -0.2) is 0 Å². The highest BCUT2D eigenvalue weighted by Gasteiger charge is 2.20. The zero-order valence-electron chi connectivity index (χ0n) is 14.9. The molecular weight excluding hydrogens is 421 g/mol. The van der Waals surface area contributed by atoms with Crippen LogP contribution in [0, 0.1) is 5.92 Å². The van der Waals surface area contributed by atoms with Crippen molar-refractivity contribution < 1.29 is 14.2 Å². The molecule has 0 spiro atoms. The Hall–Kier alpha value is -0.120. The molecule has 0 aromatic rings. The first-order chi connectivity index (χ1) is 11.4. The van der Waals surface area contributed by atoms with E-state index in [-0.39, 0.29) is 24.0 Å². The first-order valence-electron chi connectivity index (χ1n) is 9.10. The van der Waals surface area contributed by atoms with Gasteiger partial charge in [-0.05, 0) is 44.4 Å². The molecule has 1 saturated heterocycles. The second-order valence-corrected chi connectivity index (χ2v) is 6.33. The largest absolute Gasteiger partial charge is 0.381 e. The van der Waals surface area contributed by atoms with E-state index in [4.69, 9.17) is 14.2 Å². The molecule has 1 saturated carbocycles. The SMILES string of the molecule is CN=C(NCCCOCC1CC1)NCCCOC1CCOCC1.I. The third-order valence-corrected chi connectivity index (χ3v) is 4.17. The van der Waals surface area contributed by atoms with Gasteiger partial charge < -0.3 is 24.8 Å². The predicted octanol–water partition coefficient (Wildman–Crippen LogP) is 2.17. The molecule has 0 aromatic heterocycles. The Balaban J connectivity index is 0.00000288. The van der Waals surface area contributed by atoms with Gasteiger partial charge in [-0.3, -0.25) is 4.99 Å². The first kappa shape index (κ1) is 21.9. The number of aliphatic imine (C=N–C) groups is 1. The van der Waals surface area contributed by atoms with Gasteiger partial charge in [0.1, 0.15) is 0 Å². The average molecular weight is 455 g/mol. The molecule has 2 fully saturated rings. The lowest BCUT2D eigenvalue weighted by Crippen LogP contribution is -2.38. The van der Waals surface area contributed by atoms with Gasteiger partial charge in [0.25, 0.3) is 0 Å². The predicted molar refractivity (Wildman–Crippen MR) is 107 cm³/mol. The first-order valence-corrected chi connectivity index (χ1v) is 9.10. The third-order valence-electron chi connectivity index (χ3n) is 4.17. The van der Waals surface area contributed by atoms with Gasteiger partial charge >= 0.3 is 0 Å². The smallest absolute Gasteiger partial charge is 0.190 e. The van der Waals surface area contributed by atoms with E-state index >= 15 is 0 Å². The lowest BCUT2D eigenvalue weighted by Gasteiger charge is -2.22. The Morgan fingerprint density at radius 3 is 2.33 bits per heavy atom. The molecule has 142 valence electrons. The fraction of sp³-hybridized carbons (Fsp3) is 0.941. The molecule has 2 rings (SSSR count). The van der Waals surface area contributed by atoms with E-state index in [1.165, 1.54) is 12.8 Å². The number of ether oxygens (including phenoxy) is 3. The van der Waals surface area contributed by atoms with Crippen LogP contribution in [0.25, 0.3) is 0 Å². The Morgan fingerprint density at radius 1 is 1.04 bits per heavy atom. The maximum atomic E-state index is 5.85. The molecule has 6 nitrogen and oxygen atoms in total. The molecule has 0 atom stereocenters. The minimum atomic E-state index is 0. The van der Waals surface area contributed by atoms with E-state index in [9.17, 15) is 0 Å². The second-order valence-electron chi connectivity index (χ2n) is 6.33. The van der Waals surface area contributed by atoms with E-state index in [1.807, 2.05) is 0 Å². The van der Waals surface area contributed by atoms with Crippen molar-refractivity contribution in [2.24, 2.45) is 10.9 Å². The van der Waals surface area contributed by atoms with E-state index in [2.05, 4.69) is 15.6 Å². The lowest BCUT2D eigenvalue weighted by molar-refractivity contribution is -0.0320. The Morgan fingerprint density at radius 2 is 1.71 bits per heavy atom. The number of guanidine groups is 1. The van der Waals surface area contributed by atoms with Crippen LogP contribution >= 0.6 is 24.0 Å². The van der Waals surface area contributed by atoms with Gasteiger partial charge in [0.2, 0.25) is 0 Å². The molecular formula is C17H34IN3O3. The molecule has 0 radical (unpaired) electrons. The van der Waals surface area contributed by atoms with Gasteiger partial charge in [-0.15, -0.1) is 24.0 Å². The summed E-state index contributed by atoms with van der Waals surface area (Å²) in [6.07, 6.45) is 7.15. The molecule has 1 aliphatic carbocycles. The number of nitrogens with one attached hydrogen (secondary N) is 2. The molecule has 2 N–H and O–H groups in total. The van der Waals surface area contributed by atoms with E-state index in [1.54, 1.807) is 7.05 Å². The zero-order chi connectivity index (χ0) is 16.2. The van der Waals surface area contributed by atoms with Gasteiger partial charge in [0, 0.05) is 53.2 Å². The summed E-state index contributed by atoms with van der Waals surface area (Å²) in [5.74, 6) is 1.71. The second kappa shape index (κ2) is 14.1. The van der Waals surface area contributed by atoms with Gasteiger partial charge in [-0.2, -0.15) is 0 Å². The van der Waals surface area contributed by atoms with Crippen LogP contribution in [0.4, 0.5) is 0 Å². The molecule has 24 heavy (non-hydrogen) atoms. The van der Waals surface area contributed by atoms with Gasteiger partial charge in [-0.1, -0.05) is 0 Å². The van der Waals surface area contributed by atoms with Gasteiger partial charge in [0.05, 0.1) is 6.10 Å². The molecule has 0 bridgehead atoms. The highest BCUT2D eigenvalue weighted by molar-refractivity contribution is 14.0. The molecule has 2 aliphatic rings. The molecule has 0 unspecified atom stereocenters. The minimum absolute atomic E-state index is 0. The van der Waals surface area contributed by atoms with E-state index in [0.29, 0.717) is 6.10 Å². The van der Waals surface area contributed by atoms with Crippen molar-refractivity contribution in [2.45, 2.75) is 44.6 Å². The summed E-state index contributed by atoms with van der Waals surface area (Å²) in [5, 5.41) is 6.63. The summed E-state index contributed by atoms with van der Waals surface area (Å²) in [5.41, 5.74) is 0. The fourth-order valence-electron chi connectivity index (χ4n) is 2.51. The van der Waals surface area contributed by atoms with Crippen LogP contribution < -0.4 is 10.6 Å². The van der Waals surface area contributed by atoms with Crippen molar-refractivity contribution in [3.05, 3.63) is 0 Å². The Bertz CT molecular complexity index is 335. The third kappa shape index (κ3) is 10.7. The Labute approximate surface area is 163 Å². The van der Waals surface area contributed by atoms with Crippen molar-refractivity contribution in [2.75, 3.05) is 53.2 Å². The maximum Gasteiger partial charge on any atom is 0.190 e. The molecule has 0 aromatic carbocycles. The quantitative estimate of drug-likeness (QED) is 0.217. The summed E-state index contributed by atoms with van der Waals surface area (Å²) >= 11 is 0. The molecule has 7 heteroatoms. The fourth-order valence-corrected chi connectivity index (χ4v) is 2.51. The summed E-state index contributed by atoms with van der Waals surface area (Å²) in [7, 11) is 1.80. The van der Waals surface area contributed by atoms with Crippen molar-refractivity contribution in [1.29, 1.82) is 0 Å². The molecule has 0 amide bonds. The number of nitrogens with zero attached hydrogens (tertiary/aromatic N) is 1. The van der Waals surface area contributed by atoms with Crippen molar-refractivity contribution >= 4 is 29.9 Å². The molecule has 1 aliphatic heterocycles. The van der Waals surface area contributed by atoms with Crippen LogP contribution in [0.5, 0.6) is 0 Å². The van der Waals surface area contributed by atoms with Crippen LogP contribution in [0.15, 0.2) is 4.99 Å². The highest BCUT2D eigenvalue weighted by atomic mass is 127. The van der Waals surface area contributed by atoms with Crippen molar-refractivity contribution in [3.8, 4) is 0 Å². The van der Waals surface area contributed by atoms with Crippen LogP contribution in [-0.4, -0.2) is 65.2 Å². The van der Waals surface area contributed by atoms with E-state index in [0.717, 1.165) is 83.7 Å². The van der Waals surface area contributed by atoms with Gasteiger partial charge in [0.15, 0.2) is 5.96 Å².